The van der Waals surface area contributed by atoms with Gasteiger partial charge in [0.2, 0.25) is 0 Å². The van der Waals surface area contributed by atoms with Crippen LogP contribution in [0.4, 0.5) is 11.4 Å². The zero-order chi connectivity index (χ0) is 16.1. The van der Waals surface area contributed by atoms with Gasteiger partial charge in [-0.1, -0.05) is 48.5 Å². The Morgan fingerprint density at radius 3 is 2.22 bits per heavy atom. The Morgan fingerprint density at radius 2 is 1.48 bits per heavy atom. The average molecular weight is 302 g/mol. The molecule has 0 spiro atoms. The molecule has 114 valence electrons. The van der Waals surface area contributed by atoms with Gasteiger partial charge in [-0.15, -0.1) is 0 Å². The number of nitrogens with one attached hydrogen (secondary N) is 1. The van der Waals surface area contributed by atoms with Crippen LogP contribution in [0.25, 0.3) is 0 Å². The zero-order valence-corrected chi connectivity index (χ0v) is 12.7. The van der Waals surface area contributed by atoms with Crippen molar-refractivity contribution in [2.24, 2.45) is 0 Å². The number of benzene rings is 3. The number of hydrogen-bond donors (Lipinski definition) is 2. The van der Waals surface area contributed by atoms with Crippen molar-refractivity contribution >= 4 is 17.3 Å². The van der Waals surface area contributed by atoms with Crippen molar-refractivity contribution in [3.8, 4) is 0 Å². The molecule has 3 aromatic rings. The van der Waals surface area contributed by atoms with Gasteiger partial charge in [-0.2, -0.15) is 0 Å². The first kappa shape index (κ1) is 14.9. The second-order valence-corrected chi connectivity index (χ2v) is 5.40. The highest BCUT2D eigenvalue weighted by molar-refractivity contribution is 6.04. The monoisotopic (exact) mass is 302 g/mol. The first-order chi connectivity index (χ1) is 11.2. The summed E-state index contributed by atoms with van der Waals surface area (Å²) in [5.41, 5.74) is 10.2. The number of carbonyl (C=O) groups is 1. The summed E-state index contributed by atoms with van der Waals surface area (Å²) in [6.07, 6.45) is 0.742. The number of nitrogens with two attached hydrogens (primary N) is 1. The smallest absolute Gasteiger partial charge is 0.255 e. The van der Waals surface area contributed by atoms with Gasteiger partial charge >= 0.3 is 0 Å². The van der Waals surface area contributed by atoms with E-state index >= 15 is 0 Å². The molecule has 3 heteroatoms. The molecule has 0 aliphatic heterocycles. The van der Waals surface area contributed by atoms with E-state index in [0.717, 1.165) is 28.9 Å². The SMILES string of the molecule is Nc1ccc(Cc2ccccc2NC(=O)c2ccccc2)cc1. The number of amides is 1. The van der Waals surface area contributed by atoms with Crippen LogP contribution >= 0.6 is 0 Å². The lowest BCUT2D eigenvalue weighted by Gasteiger charge is -2.11. The van der Waals surface area contributed by atoms with Crippen molar-refractivity contribution in [1.29, 1.82) is 0 Å². The van der Waals surface area contributed by atoms with Crippen LogP contribution < -0.4 is 11.1 Å². The quantitative estimate of drug-likeness (QED) is 0.713. The molecule has 3 N–H and O–H groups in total. The second-order valence-electron chi connectivity index (χ2n) is 5.40. The Balaban J connectivity index is 1.80. The molecule has 0 heterocycles. The maximum atomic E-state index is 12.3. The fourth-order valence-corrected chi connectivity index (χ4v) is 2.44. The molecule has 0 atom stereocenters. The van der Waals surface area contributed by atoms with Gasteiger partial charge in [-0.05, 0) is 47.9 Å². The van der Waals surface area contributed by atoms with Gasteiger partial charge in [0.25, 0.3) is 5.91 Å². The molecule has 0 saturated carbocycles. The van der Waals surface area contributed by atoms with Gasteiger partial charge in [0, 0.05) is 16.9 Å². The number of carbonyl (C=O) groups excluding carboxylic acids is 1. The molecule has 0 saturated heterocycles. The second kappa shape index (κ2) is 6.79. The van der Waals surface area contributed by atoms with Crippen LogP contribution in [0.2, 0.25) is 0 Å². The third-order valence-corrected chi connectivity index (χ3v) is 3.68. The molecule has 0 aliphatic rings. The molecule has 0 fully saturated rings. The van der Waals surface area contributed by atoms with E-state index in [9.17, 15) is 4.79 Å². The average Bonchev–Trinajstić information content (AvgIpc) is 2.59. The molecule has 0 aliphatic carbocycles. The lowest BCUT2D eigenvalue weighted by atomic mass is 10.0. The van der Waals surface area contributed by atoms with Crippen molar-refractivity contribution in [2.75, 3.05) is 11.1 Å². The Morgan fingerprint density at radius 1 is 0.826 bits per heavy atom. The van der Waals surface area contributed by atoms with Crippen LogP contribution in [0.15, 0.2) is 78.9 Å². The molecular weight excluding hydrogens is 284 g/mol. The van der Waals surface area contributed by atoms with Gasteiger partial charge in [0.15, 0.2) is 0 Å². The van der Waals surface area contributed by atoms with Gasteiger partial charge in [0.05, 0.1) is 0 Å². The Bertz CT molecular complexity index is 795. The van der Waals surface area contributed by atoms with Crippen molar-refractivity contribution in [1.82, 2.24) is 0 Å². The summed E-state index contributed by atoms with van der Waals surface area (Å²) >= 11 is 0. The zero-order valence-electron chi connectivity index (χ0n) is 12.7. The summed E-state index contributed by atoms with van der Waals surface area (Å²) in [6, 6.07) is 24.9. The highest BCUT2D eigenvalue weighted by Crippen LogP contribution is 2.20. The van der Waals surface area contributed by atoms with Crippen molar-refractivity contribution < 1.29 is 4.79 Å². The largest absolute Gasteiger partial charge is 0.399 e. The maximum absolute atomic E-state index is 12.3. The minimum absolute atomic E-state index is 0.102. The minimum atomic E-state index is -0.102. The number of rotatable bonds is 4. The van der Waals surface area contributed by atoms with Crippen LogP contribution in [0, 0.1) is 0 Å². The summed E-state index contributed by atoms with van der Waals surface area (Å²) < 4.78 is 0. The van der Waals surface area contributed by atoms with Crippen molar-refractivity contribution in [3.63, 3.8) is 0 Å². The fourth-order valence-electron chi connectivity index (χ4n) is 2.44. The van der Waals surface area contributed by atoms with E-state index in [4.69, 9.17) is 5.73 Å². The third kappa shape index (κ3) is 3.77. The van der Waals surface area contributed by atoms with Crippen LogP contribution in [0.1, 0.15) is 21.5 Å². The molecule has 1 amide bonds. The lowest BCUT2D eigenvalue weighted by molar-refractivity contribution is 0.102. The number of nitrogen functional groups attached to an aromatic ring is 1. The summed E-state index contributed by atoms with van der Waals surface area (Å²) in [4.78, 5) is 12.3. The van der Waals surface area contributed by atoms with E-state index < -0.39 is 0 Å². The van der Waals surface area contributed by atoms with Crippen LogP contribution in [0.3, 0.4) is 0 Å². The van der Waals surface area contributed by atoms with Crippen LogP contribution in [-0.4, -0.2) is 5.91 Å². The molecule has 3 aromatic carbocycles. The van der Waals surface area contributed by atoms with Gasteiger partial charge < -0.3 is 11.1 Å². The number of anilines is 2. The Labute approximate surface area is 135 Å². The Hall–Kier alpha value is -3.07. The van der Waals surface area contributed by atoms with E-state index in [1.165, 1.54) is 0 Å². The normalized spacial score (nSPS) is 10.3. The summed E-state index contributed by atoms with van der Waals surface area (Å²) in [5.74, 6) is -0.102. The van der Waals surface area contributed by atoms with Gasteiger partial charge in [0.1, 0.15) is 0 Å². The highest BCUT2D eigenvalue weighted by Gasteiger charge is 2.09. The molecule has 3 nitrogen and oxygen atoms in total. The summed E-state index contributed by atoms with van der Waals surface area (Å²) in [5, 5.41) is 2.99. The van der Waals surface area contributed by atoms with E-state index in [2.05, 4.69) is 5.32 Å². The molecule has 0 radical (unpaired) electrons. The minimum Gasteiger partial charge on any atom is -0.399 e. The first-order valence-corrected chi connectivity index (χ1v) is 7.51. The number of hydrogen-bond acceptors (Lipinski definition) is 2. The molecule has 23 heavy (non-hydrogen) atoms. The third-order valence-electron chi connectivity index (χ3n) is 3.68. The standard InChI is InChI=1S/C20H18N2O/c21-18-12-10-15(11-13-18)14-17-8-4-5-9-19(17)22-20(23)16-6-2-1-3-7-16/h1-13H,14,21H2,(H,22,23). The number of para-hydroxylation sites is 1. The first-order valence-electron chi connectivity index (χ1n) is 7.51. The molecule has 0 unspecified atom stereocenters. The lowest BCUT2D eigenvalue weighted by Crippen LogP contribution is -2.13. The predicted molar refractivity (Wildman–Crippen MR) is 94.5 cm³/mol. The maximum Gasteiger partial charge on any atom is 0.255 e. The van der Waals surface area contributed by atoms with E-state index in [-0.39, 0.29) is 5.91 Å². The molecule has 3 rings (SSSR count). The molecular formula is C20H18N2O. The van der Waals surface area contributed by atoms with Gasteiger partial charge in [-0.3, -0.25) is 4.79 Å². The predicted octanol–water partition coefficient (Wildman–Crippen LogP) is 4.11. The fraction of sp³-hybridized carbons (Fsp3) is 0.0500. The van der Waals surface area contributed by atoms with Crippen molar-refractivity contribution in [2.45, 2.75) is 6.42 Å². The molecule has 0 bridgehead atoms. The van der Waals surface area contributed by atoms with Crippen LogP contribution in [0.5, 0.6) is 0 Å². The van der Waals surface area contributed by atoms with E-state index in [0.29, 0.717) is 5.56 Å². The summed E-state index contributed by atoms with van der Waals surface area (Å²) in [7, 11) is 0. The Kier molecular flexibility index (Phi) is 4.39. The summed E-state index contributed by atoms with van der Waals surface area (Å²) in [6.45, 7) is 0. The topological polar surface area (TPSA) is 55.1 Å². The van der Waals surface area contributed by atoms with Crippen molar-refractivity contribution in [3.05, 3.63) is 95.6 Å². The van der Waals surface area contributed by atoms with Gasteiger partial charge in [-0.25, -0.2) is 0 Å². The molecule has 0 aromatic heterocycles. The van der Waals surface area contributed by atoms with Crippen LogP contribution in [-0.2, 0) is 6.42 Å². The highest BCUT2D eigenvalue weighted by atomic mass is 16.1. The van der Waals surface area contributed by atoms with E-state index in [1.54, 1.807) is 12.1 Å². The van der Waals surface area contributed by atoms with E-state index in [1.807, 2.05) is 66.7 Å².